The molecule has 0 saturated heterocycles. The third kappa shape index (κ3) is 8.18. The van der Waals surface area contributed by atoms with Crippen LogP contribution in [0.1, 0.15) is 78.1 Å². The average molecular weight is 284 g/mol. The molecule has 1 fully saturated rings. The van der Waals surface area contributed by atoms with Gasteiger partial charge in [-0.05, 0) is 44.9 Å². The summed E-state index contributed by atoms with van der Waals surface area (Å²) < 4.78 is 10.7. The molecule has 0 aliphatic heterocycles. The van der Waals surface area contributed by atoms with Crippen molar-refractivity contribution < 1.29 is 19.1 Å². The van der Waals surface area contributed by atoms with Gasteiger partial charge in [0.15, 0.2) is 0 Å². The third-order valence-corrected chi connectivity index (χ3v) is 3.77. The van der Waals surface area contributed by atoms with E-state index < -0.39 is 0 Å². The Hall–Kier alpha value is -1.06. The first-order chi connectivity index (χ1) is 9.58. The van der Waals surface area contributed by atoms with Crippen LogP contribution in [0.3, 0.4) is 0 Å². The van der Waals surface area contributed by atoms with Crippen LogP contribution in [0.5, 0.6) is 0 Å². The Balaban J connectivity index is 2.46. The zero-order valence-corrected chi connectivity index (χ0v) is 12.9. The molecule has 2 atom stereocenters. The van der Waals surface area contributed by atoms with Gasteiger partial charge in [0.25, 0.3) is 0 Å². The molecule has 0 amide bonds. The minimum absolute atomic E-state index is 0.0323. The maximum Gasteiger partial charge on any atom is 0.302 e. The predicted octanol–water partition coefficient (Wildman–Crippen LogP) is 3.76. The first-order valence-corrected chi connectivity index (χ1v) is 7.92. The van der Waals surface area contributed by atoms with Crippen LogP contribution < -0.4 is 0 Å². The molecule has 0 radical (unpaired) electrons. The number of rotatable bonds is 2. The number of carbonyl (C=O) groups is 2. The van der Waals surface area contributed by atoms with Gasteiger partial charge >= 0.3 is 11.9 Å². The zero-order chi connectivity index (χ0) is 14.8. The summed E-state index contributed by atoms with van der Waals surface area (Å²) in [6.07, 6.45) is 10.5. The maximum absolute atomic E-state index is 11.1. The lowest BCUT2D eigenvalue weighted by atomic mass is 9.98. The number of hydrogen-bond acceptors (Lipinski definition) is 4. The van der Waals surface area contributed by atoms with Gasteiger partial charge in [0.2, 0.25) is 0 Å². The third-order valence-electron chi connectivity index (χ3n) is 3.77. The summed E-state index contributed by atoms with van der Waals surface area (Å²) in [6, 6.07) is 0. The Labute approximate surface area is 122 Å². The number of esters is 2. The van der Waals surface area contributed by atoms with Crippen LogP contribution >= 0.6 is 0 Å². The van der Waals surface area contributed by atoms with Gasteiger partial charge < -0.3 is 9.47 Å². The van der Waals surface area contributed by atoms with E-state index in [4.69, 9.17) is 9.47 Å². The Morgan fingerprint density at radius 2 is 1.00 bits per heavy atom. The van der Waals surface area contributed by atoms with Gasteiger partial charge in [0, 0.05) is 13.8 Å². The summed E-state index contributed by atoms with van der Waals surface area (Å²) in [5, 5.41) is 0. The number of ether oxygens (including phenoxy) is 2. The second-order valence-electron chi connectivity index (χ2n) is 5.74. The van der Waals surface area contributed by atoms with E-state index in [1.807, 2.05) is 0 Å². The van der Waals surface area contributed by atoms with Crippen molar-refractivity contribution in [3.05, 3.63) is 0 Å². The summed E-state index contributed by atoms with van der Waals surface area (Å²) in [5.74, 6) is -0.391. The lowest BCUT2D eigenvalue weighted by molar-refractivity contribution is -0.147. The molecule has 1 saturated carbocycles. The molecule has 0 aromatic rings. The first-order valence-electron chi connectivity index (χ1n) is 7.92. The Morgan fingerprint density at radius 1 is 0.650 bits per heavy atom. The second kappa shape index (κ2) is 9.78. The summed E-state index contributed by atoms with van der Waals surface area (Å²) >= 11 is 0. The van der Waals surface area contributed by atoms with Crippen LogP contribution in [0, 0.1) is 0 Å². The fourth-order valence-electron chi connectivity index (χ4n) is 2.84. The lowest BCUT2D eigenvalue weighted by Gasteiger charge is -2.21. The van der Waals surface area contributed by atoms with Crippen LogP contribution in [-0.2, 0) is 19.1 Å². The van der Waals surface area contributed by atoms with Crippen molar-refractivity contribution in [2.75, 3.05) is 0 Å². The summed E-state index contributed by atoms with van der Waals surface area (Å²) in [7, 11) is 0. The molecule has 0 bridgehead atoms. The summed E-state index contributed by atoms with van der Waals surface area (Å²) in [6.45, 7) is 2.94. The van der Waals surface area contributed by atoms with Crippen LogP contribution in [0.15, 0.2) is 0 Å². The van der Waals surface area contributed by atoms with E-state index in [0.717, 1.165) is 44.9 Å². The number of hydrogen-bond donors (Lipinski definition) is 0. The van der Waals surface area contributed by atoms with E-state index in [0.29, 0.717) is 0 Å². The van der Waals surface area contributed by atoms with Gasteiger partial charge in [-0.1, -0.05) is 19.3 Å². The van der Waals surface area contributed by atoms with Crippen LogP contribution in [0.4, 0.5) is 0 Å². The minimum Gasteiger partial charge on any atom is -0.463 e. The van der Waals surface area contributed by atoms with Gasteiger partial charge in [0.1, 0.15) is 12.2 Å². The van der Waals surface area contributed by atoms with E-state index in [1.54, 1.807) is 0 Å². The van der Waals surface area contributed by atoms with Gasteiger partial charge in [-0.3, -0.25) is 9.59 Å². The molecule has 4 nitrogen and oxygen atoms in total. The molecule has 0 N–H and O–H groups in total. The standard InChI is InChI=1S/C16H28O4/c1-13(17)19-15-9-6-4-3-5-7-10-16(12-8-11-15)20-14(2)18/h15-16H,3-12H2,1-2H3. The van der Waals surface area contributed by atoms with Crippen LogP contribution in [0.2, 0.25) is 0 Å². The molecular formula is C16H28O4. The van der Waals surface area contributed by atoms with E-state index in [2.05, 4.69) is 0 Å². The molecule has 0 heterocycles. The topological polar surface area (TPSA) is 52.6 Å². The van der Waals surface area contributed by atoms with Crippen molar-refractivity contribution in [2.24, 2.45) is 0 Å². The molecule has 1 aliphatic carbocycles. The molecule has 0 aromatic heterocycles. The second-order valence-corrected chi connectivity index (χ2v) is 5.74. The van der Waals surface area contributed by atoms with E-state index in [1.165, 1.54) is 33.1 Å². The Bertz CT molecular complexity index is 273. The van der Waals surface area contributed by atoms with Gasteiger partial charge in [0.05, 0.1) is 0 Å². The molecule has 4 heteroatoms. The maximum atomic E-state index is 11.1. The van der Waals surface area contributed by atoms with Crippen molar-refractivity contribution in [1.29, 1.82) is 0 Å². The zero-order valence-electron chi connectivity index (χ0n) is 12.9. The summed E-state index contributed by atoms with van der Waals surface area (Å²) in [4.78, 5) is 22.2. The summed E-state index contributed by atoms with van der Waals surface area (Å²) in [5.41, 5.74) is 0. The fraction of sp³-hybridized carbons (Fsp3) is 0.875. The molecule has 1 rings (SSSR count). The molecule has 116 valence electrons. The van der Waals surface area contributed by atoms with Crippen LogP contribution in [0.25, 0.3) is 0 Å². The molecule has 1 aliphatic rings. The molecule has 0 aromatic carbocycles. The highest BCUT2D eigenvalue weighted by molar-refractivity contribution is 5.66. The van der Waals surface area contributed by atoms with Crippen molar-refractivity contribution in [1.82, 2.24) is 0 Å². The predicted molar refractivity (Wildman–Crippen MR) is 77.3 cm³/mol. The molecule has 2 unspecified atom stereocenters. The highest BCUT2D eigenvalue weighted by Crippen LogP contribution is 2.20. The molecule has 20 heavy (non-hydrogen) atoms. The normalized spacial score (nSPS) is 25.9. The molecular weight excluding hydrogens is 256 g/mol. The lowest BCUT2D eigenvalue weighted by Crippen LogP contribution is -2.20. The first kappa shape index (κ1) is 17.0. The smallest absolute Gasteiger partial charge is 0.302 e. The van der Waals surface area contributed by atoms with Crippen LogP contribution in [-0.4, -0.2) is 24.1 Å². The van der Waals surface area contributed by atoms with Gasteiger partial charge in [-0.2, -0.15) is 0 Å². The van der Waals surface area contributed by atoms with Crippen molar-refractivity contribution >= 4 is 11.9 Å². The van der Waals surface area contributed by atoms with Gasteiger partial charge in [-0.25, -0.2) is 0 Å². The monoisotopic (exact) mass is 284 g/mol. The van der Waals surface area contributed by atoms with Crippen molar-refractivity contribution in [3.8, 4) is 0 Å². The highest BCUT2D eigenvalue weighted by atomic mass is 16.5. The van der Waals surface area contributed by atoms with Gasteiger partial charge in [-0.15, -0.1) is 0 Å². The average Bonchev–Trinajstić information content (AvgIpc) is 2.33. The van der Waals surface area contributed by atoms with Crippen molar-refractivity contribution in [3.63, 3.8) is 0 Å². The Morgan fingerprint density at radius 3 is 1.40 bits per heavy atom. The van der Waals surface area contributed by atoms with Crippen molar-refractivity contribution in [2.45, 2.75) is 90.3 Å². The number of carbonyl (C=O) groups excluding carboxylic acids is 2. The highest BCUT2D eigenvalue weighted by Gasteiger charge is 2.16. The quantitative estimate of drug-likeness (QED) is 0.724. The van der Waals surface area contributed by atoms with E-state index in [-0.39, 0.29) is 24.1 Å². The fourth-order valence-corrected chi connectivity index (χ4v) is 2.84. The SMILES string of the molecule is CC(=O)OC1CCCCCCCC(OC(C)=O)CCC1. The minimum atomic E-state index is -0.196. The molecule has 0 spiro atoms. The Kier molecular flexibility index (Phi) is 8.31. The van der Waals surface area contributed by atoms with E-state index >= 15 is 0 Å². The largest absolute Gasteiger partial charge is 0.463 e. The van der Waals surface area contributed by atoms with E-state index in [9.17, 15) is 9.59 Å².